The van der Waals surface area contributed by atoms with Crippen molar-refractivity contribution in [3.8, 4) is 0 Å². The third-order valence-corrected chi connectivity index (χ3v) is 0. The first-order chi connectivity index (χ1) is 0. The summed E-state index contributed by atoms with van der Waals surface area (Å²) in [6.45, 7) is 0. The molecule has 8 heavy (non-hydrogen) atoms. The van der Waals surface area contributed by atoms with E-state index >= 15 is 0 Å². The second kappa shape index (κ2) is 69.9. The summed E-state index contributed by atoms with van der Waals surface area (Å²) in [5.74, 6) is 0. The Morgan fingerprint density at radius 1 is 0.250 bits per heavy atom. The molecular weight excluding hydrogens is 591 g/mol. The number of rotatable bonds is 0. The van der Waals surface area contributed by atoms with Gasteiger partial charge in [0.2, 0.25) is 0 Å². The molecule has 0 saturated heterocycles. The van der Waals surface area contributed by atoms with E-state index in [0.717, 1.165) is 0 Å². The normalized spacial score (nSPS) is 0. The summed E-state index contributed by atoms with van der Waals surface area (Å²) in [6.07, 6.45) is 0. The summed E-state index contributed by atoms with van der Waals surface area (Å²) >= 11 is 0. The Morgan fingerprint density at radius 3 is 0.250 bits per heavy atom. The quantitative estimate of drug-likeness (QED) is 0.376. The minimum absolute atomic E-state index is 0. The minimum Gasteiger partial charge on any atom is -0.114 e. The maximum atomic E-state index is 0. The van der Waals surface area contributed by atoms with E-state index in [0.29, 0.717) is 0 Å². The SMILES string of the molecule is Br.Br.Br.Br.Br.Br.[Fe].[Fe]. The van der Waals surface area contributed by atoms with Crippen LogP contribution in [0.15, 0.2) is 0 Å². The summed E-state index contributed by atoms with van der Waals surface area (Å²) in [6, 6.07) is 0. The van der Waals surface area contributed by atoms with Gasteiger partial charge in [0.15, 0.2) is 0 Å². The van der Waals surface area contributed by atoms with Crippen LogP contribution in [0.3, 0.4) is 0 Å². The van der Waals surface area contributed by atoms with Gasteiger partial charge in [0.1, 0.15) is 0 Å². The zero-order valence-electron chi connectivity index (χ0n) is 3.16. The minimum atomic E-state index is 0. The first-order valence-electron chi connectivity index (χ1n) is 0. The summed E-state index contributed by atoms with van der Waals surface area (Å²) < 4.78 is 0. The third kappa shape index (κ3) is 51.4. The van der Waals surface area contributed by atoms with Crippen molar-refractivity contribution in [1.82, 2.24) is 0 Å². The average Bonchev–Trinajstić information content (AvgIpc) is 0. The van der Waals surface area contributed by atoms with Gasteiger partial charge < -0.3 is 0 Å². The van der Waals surface area contributed by atoms with Crippen LogP contribution in [0.25, 0.3) is 0 Å². The summed E-state index contributed by atoms with van der Waals surface area (Å²) in [5, 5.41) is 0. The molecule has 0 aliphatic rings. The van der Waals surface area contributed by atoms with Crippen molar-refractivity contribution in [2.24, 2.45) is 0 Å². The Balaban J connectivity index is 0. The largest absolute Gasteiger partial charge is 0.114 e. The summed E-state index contributed by atoms with van der Waals surface area (Å²) in [7, 11) is 0. The molecule has 0 aliphatic carbocycles. The fourth-order valence-corrected chi connectivity index (χ4v) is 0. The molecule has 8 heteroatoms. The van der Waals surface area contributed by atoms with Crippen LogP contribution in [0, 0.1) is 0 Å². The fraction of sp³-hybridized carbons (Fsp3) is 0. The summed E-state index contributed by atoms with van der Waals surface area (Å²) in [5.41, 5.74) is 0. The van der Waals surface area contributed by atoms with Crippen LogP contribution < -0.4 is 0 Å². The molecule has 0 bridgehead atoms. The van der Waals surface area contributed by atoms with Crippen LogP contribution in [0.5, 0.6) is 0 Å². The molecule has 0 aromatic heterocycles. The molecule has 0 spiro atoms. The monoisotopic (exact) mass is 591 g/mol. The van der Waals surface area contributed by atoms with Crippen LogP contribution >= 0.6 is 102 Å². The molecule has 0 unspecified atom stereocenters. The predicted molar refractivity (Wildman–Crippen MR) is 61.9 cm³/mol. The van der Waals surface area contributed by atoms with Gasteiger partial charge in [0.05, 0.1) is 0 Å². The van der Waals surface area contributed by atoms with Crippen LogP contribution in [0.2, 0.25) is 0 Å². The van der Waals surface area contributed by atoms with E-state index in [1.807, 2.05) is 0 Å². The van der Waals surface area contributed by atoms with Crippen LogP contribution in [-0.2, 0) is 34.1 Å². The van der Waals surface area contributed by atoms with Crippen molar-refractivity contribution in [2.75, 3.05) is 0 Å². The van der Waals surface area contributed by atoms with E-state index in [1.54, 1.807) is 0 Å². The number of halogens is 6. The molecule has 0 radical (unpaired) electrons. The molecule has 0 heterocycles. The zero-order chi connectivity index (χ0) is 0. The molecule has 0 nitrogen and oxygen atoms in total. The second-order valence-corrected chi connectivity index (χ2v) is 0. The third-order valence-electron chi connectivity index (χ3n) is 0. The molecule has 0 rings (SSSR count). The average molecular weight is 597 g/mol. The van der Waals surface area contributed by atoms with Crippen molar-refractivity contribution >= 4 is 102 Å². The Bertz CT molecular complexity index is 6.49. The summed E-state index contributed by atoms with van der Waals surface area (Å²) in [4.78, 5) is 0. The van der Waals surface area contributed by atoms with Gasteiger partial charge in [-0.3, -0.25) is 0 Å². The van der Waals surface area contributed by atoms with Crippen LogP contribution in [-0.4, -0.2) is 0 Å². The Labute approximate surface area is 134 Å². The second-order valence-electron chi connectivity index (χ2n) is 0. The van der Waals surface area contributed by atoms with Crippen molar-refractivity contribution in [2.45, 2.75) is 0 Å². The Morgan fingerprint density at radius 2 is 0.250 bits per heavy atom. The van der Waals surface area contributed by atoms with Crippen molar-refractivity contribution in [3.63, 3.8) is 0 Å². The predicted octanol–water partition coefficient (Wildman–Crippen LogP) is 3.46. The van der Waals surface area contributed by atoms with E-state index in [9.17, 15) is 0 Å². The van der Waals surface area contributed by atoms with Crippen molar-refractivity contribution in [3.05, 3.63) is 0 Å². The van der Waals surface area contributed by atoms with Gasteiger partial charge >= 0.3 is 0 Å². The molecular formula is H6Br6Fe2. The standard InChI is InChI=1S/6BrH.2Fe/h6*1H;;. The fourth-order valence-electron chi connectivity index (χ4n) is 0. The molecule has 0 aromatic carbocycles. The molecule has 0 N–H and O–H groups in total. The van der Waals surface area contributed by atoms with Gasteiger partial charge in [-0.25, -0.2) is 0 Å². The van der Waals surface area contributed by atoms with Crippen molar-refractivity contribution in [1.29, 1.82) is 0 Å². The van der Waals surface area contributed by atoms with Gasteiger partial charge in [-0.1, -0.05) is 0 Å². The zero-order valence-corrected chi connectivity index (χ0v) is 15.6. The van der Waals surface area contributed by atoms with Gasteiger partial charge in [-0.15, -0.1) is 102 Å². The molecule has 0 amide bonds. The number of hydrogen-bond donors (Lipinski definition) is 0. The van der Waals surface area contributed by atoms with Crippen molar-refractivity contribution < 1.29 is 34.1 Å². The molecule has 0 aliphatic heterocycles. The Kier molecular flexibility index (Phi) is 809. The molecule has 0 atom stereocenters. The Hall–Kier alpha value is 3.92. The van der Waals surface area contributed by atoms with E-state index < -0.39 is 0 Å². The van der Waals surface area contributed by atoms with Gasteiger partial charge in [0.25, 0.3) is 0 Å². The van der Waals surface area contributed by atoms with E-state index in [-0.39, 0.29) is 136 Å². The first kappa shape index (κ1) is 92.5. The maximum Gasteiger partial charge on any atom is 0 e. The maximum absolute atomic E-state index is 0. The first-order valence-corrected chi connectivity index (χ1v) is 0. The van der Waals surface area contributed by atoms with Crippen LogP contribution in [0.1, 0.15) is 0 Å². The van der Waals surface area contributed by atoms with E-state index in [4.69, 9.17) is 0 Å². The van der Waals surface area contributed by atoms with E-state index in [2.05, 4.69) is 0 Å². The molecule has 0 saturated carbocycles. The van der Waals surface area contributed by atoms with E-state index in [1.165, 1.54) is 0 Å². The molecule has 0 aromatic rings. The van der Waals surface area contributed by atoms with Gasteiger partial charge in [-0.05, 0) is 0 Å². The molecule has 0 fully saturated rings. The van der Waals surface area contributed by atoms with Gasteiger partial charge in [0, 0.05) is 34.1 Å². The molecule has 64 valence electrons. The topological polar surface area (TPSA) is 0 Å². The van der Waals surface area contributed by atoms with Crippen LogP contribution in [0.4, 0.5) is 0 Å². The smallest absolute Gasteiger partial charge is 0 e. The van der Waals surface area contributed by atoms with Gasteiger partial charge in [-0.2, -0.15) is 0 Å². The number of hydrogen-bond acceptors (Lipinski definition) is 0.